The molecule has 1 heterocycles. The van der Waals surface area contributed by atoms with Crippen LogP contribution in [-0.2, 0) is 20.9 Å². The Morgan fingerprint density at radius 1 is 0.949 bits per heavy atom. The van der Waals surface area contributed by atoms with Gasteiger partial charge in [0.1, 0.15) is 29.2 Å². The van der Waals surface area contributed by atoms with Crippen molar-refractivity contribution in [2.24, 2.45) is 0 Å². The minimum atomic E-state index is -1.24. The van der Waals surface area contributed by atoms with Crippen LogP contribution in [0.2, 0.25) is 0 Å². The summed E-state index contributed by atoms with van der Waals surface area (Å²) in [5.41, 5.74) is -1.19. The Morgan fingerprint density at radius 2 is 1.64 bits per heavy atom. The lowest BCUT2D eigenvalue weighted by atomic mass is 9.99. The first-order valence-electron chi connectivity index (χ1n) is 12.9. The minimum Gasteiger partial charge on any atom is -0.489 e. The molecule has 0 aliphatic carbocycles. The Bertz CT molecular complexity index is 1300. The zero-order valence-corrected chi connectivity index (χ0v) is 24.1. The summed E-state index contributed by atoms with van der Waals surface area (Å²) in [4.78, 5) is 29.9. The predicted molar refractivity (Wildman–Crippen MR) is 153 cm³/mol. The van der Waals surface area contributed by atoms with E-state index in [-0.39, 0.29) is 12.5 Å². The molecule has 1 aliphatic rings. The molecular formula is C31H36N2O5S. The monoisotopic (exact) mass is 548 g/mol. The lowest BCUT2D eigenvalue weighted by molar-refractivity contribution is -0.127. The maximum Gasteiger partial charge on any atom is 0.413 e. The van der Waals surface area contributed by atoms with Gasteiger partial charge in [0.15, 0.2) is 0 Å². The number of ether oxygens (including phenoxy) is 3. The SMILES string of the molecule is CC(C)(C)OC(=O)N1C(C)(C)OC[C@]1(C)C(=O)Nc1ccc(Sc2cccc(OCc3ccccc3)c2)cc1. The van der Waals surface area contributed by atoms with E-state index in [9.17, 15) is 9.59 Å². The Hall–Kier alpha value is -3.49. The van der Waals surface area contributed by atoms with E-state index in [1.165, 1.54) is 4.90 Å². The zero-order chi connectivity index (χ0) is 28.3. The maximum absolute atomic E-state index is 13.4. The summed E-state index contributed by atoms with van der Waals surface area (Å²) in [7, 11) is 0. The highest BCUT2D eigenvalue weighted by atomic mass is 32.2. The standard InChI is InChI=1S/C31H36N2O5S/c1-29(2,3)38-28(35)33-30(4,5)37-21-31(33,6)27(34)32-23-15-17-25(18-16-23)39-26-14-10-13-24(19-26)36-20-22-11-8-7-9-12-22/h7-19H,20-21H2,1-6H3,(H,32,34)/t31-/m1/s1. The van der Waals surface area contributed by atoms with Crippen LogP contribution in [0, 0.1) is 0 Å². The fraction of sp³-hybridized carbons (Fsp3) is 0.355. The number of rotatable bonds is 7. The topological polar surface area (TPSA) is 77.1 Å². The number of carbonyl (C=O) groups is 2. The van der Waals surface area contributed by atoms with Crippen molar-refractivity contribution in [2.45, 2.75) is 74.8 Å². The lowest BCUT2D eigenvalue weighted by Crippen LogP contribution is -2.60. The van der Waals surface area contributed by atoms with Crippen LogP contribution in [0.4, 0.5) is 10.5 Å². The molecule has 1 atom stereocenters. The second kappa shape index (κ2) is 11.3. The van der Waals surface area contributed by atoms with E-state index in [4.69, 9.17) is 14.2 Å². The molecule has 0 bridgehead atoms. The first-order valence-corrected chi connectivity index (χ1v) is 13.7. The third-order valence-corrected chi connectivity index (χ3v) is 7.20. The first-order chi connectivity index (χ1) is 18.4. The van der Waals surface area contributed by atoms with Crippen LogP contribution in [0.15, 0.2) is 88.7 Å². The third-order valence-electron chi connectivity index (χ3n) is 6.21. The van der Waals surface area contributed by atoms with Gasteiger partial charge in [-0.1, -0.05) is 48.2 Å². The molecule has 2 amide bonds. The van der Waals surface area contributed by atoms with E-state index in [1.807, 2.05) is 78.9 Å². The highest BCUT2D eigenvalue weighted by molar-refractivity contribution is 7.99. The van der Waals surface area contributed by atoms with Gasteiger partial charge in [0.05, 0.1) is 6.61 Å². The summed E-state index contributed by atoms with van der Waals surface area (Å²) in [6.45, 7) is 11.1. The van der Waals surface area contributed by atoms with E-state index in [1.54, 1.807) is 53.3 Å². The predicted octanol–water partition coefficient (Wildman–Crippen LogP) is 7.12. The minimum absolute atomic E-state index is 0.0572. The van der Waals surface area contributed by atoms with Crippen molar-refractivity contribution >= 4 is 29.4 Å². The summed E-state index contributed by atoms with van der Waals surface area (Å²) in [5, 5.41) is 2.94. The molecule has 1 fully saturated rings. The average molecular weight is 549 g/mol. The Morgan fingerprint density at radius 3 is 2.31 bits per heavy atom. The number of carbonyl (C=O) groups excluding carboxylic acids is 2. The van der Waals surface area contributed by atoms with Gasteiger partial charge in [0.25, 0.3) is 5.91 Å². The first kappa shape index (κ1) is 28.5. The molecular weight excluding hydrogens is 512 g/mol. The lowest BCUT2D eigenvalue weighted by Gasteiger charge is -2.39. The van der Waals surface area contributed by atoms with Crippen LogP contribution in [0.1, 0.15) is 47.1 Å². The molecule has 1 saturated heterocycles. The number of nitrogens with zero attached hydrogens (tertiary/aromatic N) is 1. The van der Waals surface area contributed by atoms with E-state index in [0.29, 0.717) is 12.3 Å². The summed E-state index contributed by atoms with van der Waals surface area (Å²) >= 11 is 1.60. The summed E-state index contributed by atoms with van der Waals surface area (Å²) in [6, 6.07) is 25.6. The molecule has 4 rings (SSSR count). The van der Waals surface area contributed by atoms with Crippen molar-refractivity contribution < 1.29 is 23.8 Å². The number of hydrogen-bond acceptors (Lipinski definition) is 6. The van der Waals surface area contributed by atoms with Crippen LogP contribution >= 0.6 is 11.8 Å². The smallest absolute Gasteiger partial charge is 0.413 e. The molecule has 1 N–H and O–H groups in total. The molecule has 0 radical (unpaired) electrons. The Kier molecular flexibility index (Phi) is 8.28. The van der Waals surface area contributed by atoms with Crippen molar-refractivity contribution in [1.82, 2.24) is 4.90 Å². The number of hydrogen-bond donors (Lipinski definition) is 1. The van der Waals surface area contributed by atoms with Gasteiger partial charge in [-0.2, -0.15) is 0 Å². The number of amides is 2. The van der Waals surface area contributed by atoms with E-state index in [0.717, 1.165) is 21.1 Å². The zero-order valence-electron chi connectivity index (χ0n) is 23.3. The highest BCUT2D eigenvalue weighted by Gasteiger charge is 2.57. The second-order valence-corrected chi connectivity index (χ2v) is 12.3. The van der Waals surface area contributed by atoms with Crippen molar-refractivity contribution in [3.8, 4) is 5.75 Å². The van der Waals surface area contributed by atoms with Crippen LogP contribution in [0.25, 0.3) is 0 Å². The van der Waals surface area contributed by atoms with Crippen LogP contribution < -0.4 is 10.1 Å². The van der Waals surface area contributed by atoms with Gasteiger partial charge in [-0.25, -0.2) is 4.79 Å². The molecule has 0 unspecified atom stereocenters. The second-order valence-electron chi connectivity index (χ2n) is 11.2. The van der Waals surface area contributed by atoms with Gasteiger partial charge in [0, 0.05) is 15.5 Å². The molecule has 39 heavy (non-hydrogen) atoms. The van der Waals surface area contributed by atoms with Crippen molar-refractivity contribution in [1.29, 1.82) is 0 Å². The number of anilines is 1. The van der Waals surface area contributed by atoms with Gasteiger partial charge in [0.2, 0.25) is 0 Å². The fourth-order valence-corrected chi connectivity index (χ4v) is 5.18. The van der Waals surface area contributed by atoms with Crippen molar-refractivity contribution in [2.75, 3.05) is 11.9 Å². The summed E-state index contributed by atoms with van der Waals surface area (Å²) in [6.07, 6.45) is -0.593. The molecule has 8 heteroatoms. The molecule has 7 nitrogen and oxygen atoms in total. The van der Waals surface area contributed by atoms with Gasteiger partial charge >= 0.3 is 6.09 Å². The number of benzene rings is 3. The molecule has 206 valence electrons. The Labute approximate surface area is 234 Å². The summed E-state index contributed by atoms with van der Waals surface area (Å²) < 4.78 is 17.4. The Balaban J connectivity index is 1.40. The van der Waals surface area contributed by atoms with Crippen LogP contribution in [0.5, 0.6) is 5.75 Å². The summed E-state index contributed by atoms with van der Waals surface area (Å²) in [5.74, 6) is 0.458. The van der Waals surface area contributed by atoms with Gasteiger partial charge < -0.3 is 19.5 Å². The van der Waals surface area contributed by atoms with E-state index >= 15 is 0 Å². The molecule has 0 spiro atoms. The molecule has 0 aromatic heterocycles. The van der Waals surface area contributed by atoms with E-state index < -0.39 is 23.0 Å². The molecule has 3 aromatic rings. The van der Waals surface area contributed by atoms with Gasteiger partial charge in [-0.3, -0.25) is 9.69 Å². The maximum atomic E-state index is 13.4. The largest absolute Gasteiger partial charge is 0.489 e. The van der Waals surface area contributed by atoms with Gasteiger partial charge in [-0.15, -0.1) is 0 Å². The van der Waals surface area contributed by atoms with Gasteiger partial charge in [-0.05, 0) is 89.6 Å². The van der Waals surface area contributed by atoms with Crippen molar-refractivity contribution in [3.05, 3.63) is 84.4 Å². The van der Waals surface area contributed by atoms with Crippen LogP contribution in [0.3, 0.4) is 0 Å². The van der Waals surface area contributed by atoms with Crippen LogP contribution in [-0.4, -0.2) is 40.4 Å². The molecule has 3 aromatic carbocycles. The van der Waals surface area contributed by atoms with Crippen molar-refractivity contribution in [3.63, 3.8) is 0 Å². The normalized spacial score (nSPS) is 18.5. The fourth-order valence-electron chi connectivity index (χ4n) is 4.31. The molecule has 0 saturated carbocycles. The van der Waals surface area contributed by atoms with E-state index in [2.05, 4.69) is 5.32 Å². The molecule has 1 aliphatic heterocycles. The average Bonchev–Trinajstić information content (AvgIpc) is 3.13. The third kappa shape index (κ3) is 7.13. The number of nitrogens with one attached hydrogen (secondary N) is 1. The highest BCUT2D eigenvalue weighted by Crippen LogP contribution is 2.37. The quantitative estimate of drug-likeness (QED) is 0.339.